The van der Waals surface area contributed by atoms with Gasteiger partial charge in [-0.25, -0.2) is 0 Å². The first-order chi connectivity index (χ1) is 11.8. The molecular weight excluding hydrogens is 304 g/mol. The van der Waals surface area contributed by atoms with Crippen molar-refractivity contribution in [3.8, 4) is 0 Å². The Morgan fingerprint density at radius 1 is 1.21 bits per heavy atom. The second kappa shape index (κ2) is 8.60. The molecule has 24 heavy (non-hydrogen) atoms. The summed E-state index contributed by atoms with van der Waals surface area (Å²) >= 11 is 0. The molecule has 3 rings (SSSR count). The Labute approximate surface area is 144 Å². The molecule has 1 amide bonds. The predicted octanol–water partition coefficient (Wildman–Crippen LogP) is 1.42. The summed E-state index contributed by atoms with van der Waals surface area (Å²) in [5.74, 6) is 0.696. The summed E-state index contributed by atoms with van der Waals surface area (Å²) in [4.78, 5) is 16.7. The Bertz CT molecular complexity index is 517. The van der Waals surface area contributed by atoms with Crippen LogP contribution in [0.5, 0.6) is 0 Å². The highest BCUT2D eigenvalue weighted by molar-refractivity contribution is 5.78. The van der Waals surface area contributed by atoms with Gasteiger partial charge in [0.1, 0.15) is 0 Å². The number of rotatable bonds is 5. The average Bonchev–Trinajstić information content (AvgIpc) is 2.63. The van der Waals surface area contributed by atoms with Crippen LogP contribution in [-0.2, 0) is 20.7 Å². The molecule has 0 unspecified atom stereocenters. The van der Waals surface area contributed by atoms with E-state index in [1.54, 1.807) is 7.11 Å². The summed E-state index contributed by atoms with van der Waals surface area (Å²) in [6.45, 7) is 5.20. The molecule has 0 bridgehead atoms. The van der Waals surface area contributed by atoms with E-state index in [0.29, 0.717) is 19.0 Å². The van der Waals surface area contributed by atoms with Gasteiger partial charge in [-0.1, -0.05) is 30.3 Å². The van der Waals surface area contributed by atoms with E-state index in [4.69, 9.17) is 9.47 Å². The largest absolute Gasteiger partial charge is 0.379 e. The van der Waals surface area contributed by atoms with Gasteiger partial charge in [0.25, 0.3) is 0 Å². The Morgan fingerprint density at radius 2 is 1.96 bits per heavy atom. The lowest BCUT2D eigenvalue weighted by Crippen LogP contribution is -2.51. The molecule has 5 nitrogen and oxygen atoms in total. The fourth-order valence-corrected chi connectivity index (χ4v) is 3.66. The molecule has 2 saturated heterocycles. The number of morpholine rings is 1. The van der Waals surface area contributed by atoms with Crippen molar-refractivity contribution in [2.45, 2.75) is 18.9 Å². The van der Waals surface area contributed by atoms with Crippen LogP contribution in [0, 0.1) is 5.92 Å². The highest BCUT2D eigenvalue weighted by Crippen LogP contribution is 2.24. The van der Waals surface area contributed by atoms with E-state index in [0.717, 1.165) is 45.7 Å². The van der Waals surface area contributed by atoms with Crippen molar-refractivity contribution < 1.29 is 14.3 Å². The van der Waals surface area contributed by atoms with E-state index in [9.17, 15) is 4.79 Å². The van der Waals surface area contributed by atoms with Crippen LogP contribution in [0.25, 0.3) is 0 Å². The number of amides is 1. The number of carbonyl (C=O) groups excluding carboxylic acids is 1. The Morgan fingerprint density at radius 3 is 2.67 bits per heavy atom. The van der Waals surface area contributed by atoms with Crippen molar-refractivity contribution in [2.24, 2.45) is 5.92 Å². The standard InChI is InChI=1S/C19H28N2O3/c1-23-18-14-21(19(22)15-20-9-11-24-12-10-20)8-7-17(18)13-16-5-3-2-4-6-16/h2-6,17-18H,7-15H2,1H3/t17-,18+/m1/s1. The summed E-state index contributed by atoms with van der Waals surface area (Å²) in [5, 5.41) is 0. The quantitative estimate of drug-likeness (QED) is 0.818. The summed E-state index contributed by atoms with van der Waals surface area (Å²) in [6.07, 6.45) is 2.14. The zero-order valence-corrected chi connectivity index (χ0v) is 14.5. The molecule has 2 aliphatic rings. The third-order valence-electron chi connectivity index (χ3n) is 5.15. The van der Waals surface area contributed by atoms with Gasteiger partial charge >= 0.3 is 0 Å². The predicted molar refractivity (Wildman–Crippen MR) is 92.9 cm³/mol. The SMILES string of the molecule is CO[C@H]1CN(C(=O)CN2CCOCC2)CC[C@@H]1Cc1ccccc1. The van der Waals surface area contributed by atoms with Gasteiger partial charge in [0.15, 0.2) is 0 Å². The van der Waals surface area contributed by atoms with Gasteiger partial charge in [-0.15, -0.1) is 0 Å². The maximum absolute atomic E-state index is 12.6. The number of hydrogen-bond donors (Lipinski definition) is 0. The van der Waals surface area contributed by atoms with Gasteiger partial charge < -0.3 is 14.4 Å². The zero-order chi connectivity index (χ0) is 16.8. The van der Waals surface area contributed by atoms with E-state index < -0.39 is 0 Å². The van der Waals surface area contributed by atoms with Crippen molar-refractivity contribution in [2.75, 3.05) is 53.0 Å². The molecule has 0 aromatic heterocycles. The van der Waals surface area contributed by atoms with E-state index in [1.165, 1.54) is 5.56 Å². The Hall–Kier alpha value is -1.43. The van der Waals surface area contributed by atoms with Crippen LogP contribution in [0.4, 0.5) is 0 Å². The molecule has 0 N–H and O–H groups in total. The van der Waals surface area contributed by atoms with Crippen LogP contribution in [0.2, 0.25) is 0 Å². The minimum atomic E-state index is 0.118. The van der Waals surface area contributed by atoms with Crippen LogP contribution < -0.4 is 0 Å². The van der Waals surface area contributed by atoms with Crippen LogP contribution in [-0.4, -0.2) is 74.9 Å². The highest BCUT2D eigenvalue weighted by Gasteiger charge is 2.32. The lowest BCUT2D eigenvalue weighted by Gasteiger charge is -2.39. The number of carbonyl (C=O) groups is 1. The smallest absolute Gasteiger partial charge is 0.236 e. The molecule has 132 valence electrons. The fourth-order valence-electron chi connectivity index (χ4n) is 3.66. The Balaban J connectivity index is 1.52. The molecule has 0 radical (unpaired) electrons. The Kier molecular flexibility index (Phi) is 6.24. The highest BCUT2D eigenvalue weighted by atomic mass is 16.5. The second-order valence-electron chi connectivity index (χ2n) is 6.74. The maximum Gasteiger partial charge on any atom is 0.236 e. The number of ether oxygens (including phenoxy) is 2. The molecule has 1 aromatic rings. The summed E-state index contributed by atoms with van der Waals surface area (Å²) in [6, 6.07) is 10.5. The van der Waals surface area contributed by atoms with Crippen molar-refractivity contribution in [3.63, 3.8) is 0 Å². The third kappa shape index (κ3) is 4.56. The van der Waals surface area contributed by atoms with Crippen molar-refractivity contribution in [3.05, 3.63) is 35.9 Å². The second-order valence-corrected chi connectivity index (χ2v) is 6.74. The van der Waals surface area contributed by atoms with E-state index >= 15 is 0 Å². The summed E-state index contributed by atoms with van der Waals surface area (Å²) < 4.78 is 11.1. The van der Waals surface area contributed by atoms with Crippen LogP contribution >= 0.6 is 0 Å². The van der Waals surface area contributed by atoms with E-state index in [1.807, 2.05) is 11.0 Å². The van der Waals surface area contributed by atoms with Gasteiger partial charge in [0, 0.05) is 33.3 Å². The molecule has 1 aromatic carbocycles. The van der Waals surface area contributed by atoms with E-state index in [2.05, 4.69) is 29.2 Å². The number of benzene rings is 1. The topological polar surface area (TPSA) is 42.0 Å². The minimum Gasteiger partial charge on any atom is -0.379 e. The van der Waals surface area contributed by atoms with Crippen LogP contribution in [0.1, 0.15) is 12.0 Å². The average molecular weight is 332 g/mol. The van der Waals surface area contributed by atoms with Gasteiger partial charge in [-0.05, 0) is 24.3 Å². The first-order valence-electron chi connectivity index (χ1n) is 8.91. The van der Waals surface area contributed by atoms with Gasteiger partial charge in [-0.2, -0.15) is 0 Å². The van der Waals surface area contributed by atoms with Gasteiger partial charge in [0.2, 0.25) is 5.91 Å². The van der Waals surface area contributed by atoms with Gasteiger partial charge in [-0.3, -0.25) is 9.69 Å². The molecule has 2 heterocycles. The molecule has 2 fully saturated rings. The third-order valence-corrected chi connectivity index (χ3v) is 5.15. The first-order valence-corrected chi connectivity index (χ1v) is 8.91. The number of methoxy groups -OCH3 is 1. The molecular formula is C19H28N2O3. The van der Waals surface area contributed by atoms with Crippen molar-refractivity contribution >= 4 is 5.91 Å². The fraction of sp³-hybridized carbons (Fsp3) is 0.632. The number of piperidine rings is 1. The maximum atomic E-state index is 12.6. The molecule has 2 atom stereocenters. The summed E-state index contributed by atoms with van der Waals surface area (Å²) in [7, 11) is 1.76. The van der Waals surface area contributed by atoms with Gasteiger partial charge in [0.05, 0.1) is 25.9 Å². The number of nitrogens with zero attached hydrogens (tertiary/aromatic N) is 2. The molecule has 5 heteroatoms. The molecule has 0 aliphatic carbocycles. The molecule has 0 spiro atoms. The lowest BCUT2D eigenvalue weighted by molar-refractivity contribution is -0.138. The normalized spacial score (nSPS) is 25.6. The number of hydrogen-bond acceptors (Lipinski definition) is 4. The van der Waals surface area contributed by atoms with Crippen molar-refractivity contribution in [1.82, 2.24) is 9.80 Å². The van der Waals surface area contributed by atoms with Crippen LogP contribution in [0.15, 0.2) is 30.3 Å². The summed E-state index contributed by atoms with van der Waals surface area (Å²) in [5.41, 5.74) is 1.35. The number of likely N-dealkylation sites (tertiary alicyclic amines) is 1. The molecule has 0 saturated carbocycles. The lowest BCUT2D eigenvalue weighted by atomic mass is 9.87. The minimum absolute atomic E-state index is 0.118. The first kappa shape index (κ1) is 17.4. The van der Waals surface area contributed by atoms with Crippen LogP contribution in [0.3, 0.4) is 0 Å². The zero-order valence-electron chi connectivity index (χ0n) is 14.5. The molecule has 2 aliphatic heterocycles. The van der Waals surface area contributed by atoms with E-state index in [-0.39, 0.29) is 12.0 Å². The van der Waals surface area contributed by atoms with Crippen molar-refractivity contribution in [1.29, 1.82) is 0 Å². The monoisotopic (exact) mass is 332 g/mol.